The number of nitrogens with zero attached hydrogens (tertiary/aromatic N) is 2. The van der Waals surface area contributed by atoms with Crippen LogP contribution >= 0.6 is 27.7 Å². The minimum absolute atomic E-state index is 0.0643. The maximum atomic E-state index is 13.2. The van der Waals surface area contributed by atoms with E-state index in [2.05, 4.69) is 27.3 Å². The van der Waals surface area contributed by atoms with Crippen LogP contribution < -0.4 is 5.32 Å². The van der Waals surface area contributed by atoms with Gasteiger partial charge in [-0.25, -0.2) is 4.79 Å². The second-order valence-corrected chi connectivity index (χ2v) is 10.4. The molecule has 2 aromatic rings. The number of piperidine rings is 1. The van der Waals surface area contributed by atoms with Crippen LogP contribution in [0.25, 0.3) is 0 Å². The topological polar surface area (TPSA) is 52.7 Å². The zero-order chi connectivity index (χ0) is 21.3. The van der Waals surface area contributed by atoms with E-state index in [0.717, 1.165) is 46.4 Å². The molecule has 0 unspecified atom stereocenters. The van der Waals surface area contributed by atoms with Gasteiger partial charge in [-0.1, -0.05) is 33.6 Å². The number of aryl methyl sites for hydroxylation is 2. The van der Waals surface area contributed by atoms with Gasteiger partial charge in [0, 0.05) is 41.1 Å². The zero-order valence-corrected chi connectivity index (χ0v) is 19.7. The number of carbonyl (C=O) groups excluding carboxylic acids is 2. The minimum Gasteiger partial charge on any atom is -0.324 e. The Morgan fingerprint density at radius 3 is 2.40 bits per heavy atom. The maximum Gasteiger partial charge on any atom is 0.321 e. The van der Waals surface area contributed by atoms with Gasteiger partial charge in [0.05, 0.1) is 4.87 Å². The molecule has 30 heavy (non-hydrogen) atoms. The Labute approximate surface area is 190 Å². The Morgan fingerprint density at radius 2 is 1.73 bits per heavy atom. The smallest absolute Gasteiger partial charge is 0.321 e. The van der Waals surface area contributed by atoms with Gasteiger partial charge >= 0.3 is 6.03 Å². The van der Waals surface area contributed by atoms with Crippen LogP contribution in [0.2, 0.25) is 0 Å². The van der Waals surface area contributed by atoms with Gasteiger partial charge in [-0.3, -0.25) is 4.79 Å². The molecule has 158 valence electrons. The van der Waals surface area contributed by atoms with Crippen LogP contribution in [0.5, 0.6) is 0 Å². The molecule has 0 bridgehead atoms. The molecule has 2 saturated heterocycles. The zero-order valence-electron chi connectivity index (χ0n) is 17.3. The molecule has 0 atom stereocenters. The highest BCUT2D eigenvalue weighted by atomic mass is 79.9. The van der Waals surface area contributed by atoms with Gasteiger partial charge in [-0.15, -0.1) is 11.8 Å². The van der Waals surface area contributed by atoms with Gasteiger partial charge in [0.2, 0.25) is 0 Å². The highest BCUT2D eigenvalue weighted by Gasteiger charge is 2.47. The number of anilines is 1. The van der Waals surface area contributed by atoms with Crippen LogP contribution in [0, 0.1) is 13.8 Å². The van der Waals surface area contributed by atoms with E-state index in [0.29, 0.717) is 13.1 Å². The van der Waals surface area contributed by atoms with Gasteiger partial charge in [0.25, 0.3) is 5.91 Å². The second kappa shape index (κ2) is 8.63. The molecule has 2 aliphatic rings. The number of benzene rings is 2. The van der Waals surface area contributed by atoms with Crippen molar-refractivity contribution in [3.63, 3.8) is 0 Å². The molecule has 7 heteroatoms. The molecule has 2 aromatic carbocycles. The summed E-state index contributed by atoms with van der Waals surface area (Å²) in [5.74, 6) is 1.03. The average Bonchev–Trinajstić information content (AvgIpc) is 3.13. The summed E-state index contributed by atoms with van der Waals surface area (Å²) in [7, 11) is 0. The van der Waals surface area contributed by atoms with Gasteiger partial charge < -0.3 is 15.1 Å². The van der Waals surface area contributed by atoms with E-state index in [1.165, 1.54) is 5.56 Å². The highest BCUT2D eigenvalue weighted by molar-refractivity contribution is 9.10. The summed E-state index contributed by atoms with van der Waals surface area (Å²) in [6.45, 7) is 6.11. The van der Waals surface area contributed by atoms with Crippen molar-refractivity contribution in [1.82, 2.24) is 9.80 Å². The predicted molar refractivity (Wildman–Crippen MR) is 126 cm³/mol. The van der Waals surface area contributed by atoms with Crippen LogP contribution in [-0.2, 0) is 0 Å². The second-order valence-electron chi connectivity index (χ2n) is 7.99. The Kier molecular flexibility index (Phi) is 6.11. The van der Waals surface area contributed by atoms with Crippen molar-refractivity contribution in [2.24, 2.45) is 0 Å². The number of hydrogen-bond donors (Lipinski definition) is 1. The lowest BCUT2D eigenvalue weighted by atomic mass is 10.0. The van der Waals surface area contributed by atoms with E-state index >= 15 is 0 Å². The lowest BCUT2D eigenvalue weighted by Crippen LogP contribution is -2.54. The summed E-state index contributed by atoms with van der Waals surface area (Å²) in [6.07, 6.45) is 1.58. The first-order chi connectivity index (χ1) is 14.4. The first-order valence-electron chi connectivity index (χ1n) is 10.2. The van der Waals surface area contributed by atoms with Gasteiger partial charge in [-0.05, 0) is 62.6 Å². The minimum atomic E-state index is -0.208. The average molecular weight is 488 g/mol. The molecule has 0 radical (unpaired) electrons. The summed E-state index contributed by atoms with van der Waals surface area (Å²) >= 11 is 5.29. The van der Waals surface area contributed by atoms with E-state index in [1.54, 1.807) is 0 Å². The van der Waals surface area contributed by atoms with Crippen molar-refractivity contribution < 1.29 is 9.59 Å². The number of nitrogens with one attached hydrogen (secondary N) is 1. The normalized spacial score (nSPS) is 18.0. The predicted octanol–water partition coefficient (Wildman–Crippen LogP) is 5.28. The SMILES string of the molecule is Cc1ccc(NC(=O)N2CCC3(CC2)SCCN3C(=O)c2ccc(Br)cc2)c(C)c1. The van der Waals surface area contributed by atoms with Crippen molar-refractivity contribution >= 4 is 45.3 Å². The highest BCUT2D eigenvalue weighted by Crippen LogP contribution is 2.44. The number of thioether (sulfide) groups is 1. The fourth-order valence-corrected chi connectivity index (χ4v) is 5.98. The standard InChI is InChI=1S/C23H26BrN3O2S/c1-16-3-8-20(17(2)15-16)25-22(29)26-11-9-23(10-12-26)27(13-14-30-23)21(28)18-4-6-19(24)7-5-18/h3-8,15H,9-14H2,1-2H3,(H,25,29). The van der Waals surface area contributed by atoms with E-state index in [-0.39, 0.29) is 16.8 Å². The third-order valence-corrected chi connectivity index (χ3v) is 8.05. The first-order valence-corrected chi connectivity index (χ1v) is 12.0. The van der Waals surface area contributed by atoms with E-state index in [4.69, 9.17) is 0 Å². The lowest BCUT2D eigenvalue weighted by Gasteiger charge is -2.44. The molecular formula is C23H26BrN3O2S. The molecule has 5 nitrogen and oxygen atoms in total. The van der Waals surface area contributed by atoms with Gasteiger partial charge in [-0.2, -0.15) is 0 Å². The van der Waals surface area contributed by atoms with Gasteiger partial charge in [0.15, 0.2) is 0 Å². The molecule has 2 heterocycles. The van der Waals surface area contributed by atoms with E-state index in [1.807, 2.05) is 71.8 Å². The van der Waals surface area contributed by atoms with Crippen molar-refractivity contribution in [2.75, 3.05) is 30.7 Å². The van der Waals surface area contributed by atoms with Crippen molar-refractivity contribution in [1.29, 1.82) is 0 Å². The quantitative estimate of drug-likeness (QED) is 0.626. The summed E-state index contributed by atoms with van der Waals surface area (Å²) in [5, 5.41) is 3.05. The monoisotopic (exact) mass is 487 g/mol. The third-order valence-electron chi connectivity index (χ3n) is 5.97. The van der Waals surface area contributed by atoms with Crippen LogP contribution in [0.3, 0.4) is 0 Å². The van der Waals surface area contributed by atoms with Crippen LogP contribution in [0.1, 0.15) is 34.3 Å². The van der Waals surface area contributed by atoms with Crippen LogP contribution in [0.4, 0.5) is 10.5 Å². The fraction of sp³-hybridized carbons (Fsp3) is 0.391. The molecule has 2 aliphatic heterocycles. The number of carbonyl (C=O) groups is 2. The third kappa shape index (κ3) is 4.23. The van der Waals surface area contributed by atoms with Gasteiger partial charge in [0.1, 0.15) is 0 Å². The van der Waals surface area contributed by atoms with Crippen LogP contribution in [0.15, 0.2) is 46.9 Å². The van der Waals surface area contributed by atoms with Crippen LogP contribution in [-0.4, -0.2) is 52.0 Å². The molecule has 4 rings (SSSR count). The Balaban J connectivity index is 1.41. The molecule has 0 saturated carbocycles. The summed E-state index contributed by atoms with van der Waals surface area (Å²) < 4.78 is 0.965. The Morgan fingerprint density at radius 1 is 1.03 bits per heavy atom. The Bertz CT molecular complexity index is 955. The Hall–Kier alpha value is -1.99. The number of amides is 3. The largest absolute Gasteiger partial charge is 0.324 e. The number of urea groups is 1. The number of likely N-dealkylation sites (tertiary alicyclic amines) is 1. The summed E-state index contributed by atoms with van der Waals surface area (Å²) in [6, 6.07) is 13.5. The van der Waals surface area contributed by atoms with Crippen molar-refractivity contribution in [3.8, 4) is 0 Å². The summed E-state index contributed by atoms with van der Waals surface area (Å²) in [5.41, 5.74) is 3.82. The van der Waals surface area contributed by atoms with Crippen molar-refractivity contribution in [2.45, 2.75) is 31.6 Å². The molecule has 3 amide bonds. The first kappa shape index (κ1) is 21.2. The molecule has 2 fully saturated rings. The molecule has 0 aliphatic carbocycles. The molecule has 1 spiro atoms. The molecule has 1 N–H and O–H groups in total. The molecular weight excluding hydrogens is 462 g/mol. The number of halogens is 1. The van der Waals surface area contributed by atoms with Crippen molar-refractivity contribution in [3.05, 3.63) is 63.6 Å². The fourth-order valence-electron chi connectivity index (χ4n) is 4.27. The van der Waals surface area contributed by atoms with E-state index in [9.17, 15) is 9.59 Å². The summed E-state index contributed by atoms with van der Waals surface area (Å²) in [4.78, 5) is 29.6. The lowest BCUT2D eigenvalue weighted by molar-refractivity contribution is 0.0585. The molecule has 0 aromatic heterocycles. The van der Waals surface area contributed by atoms with E-state index < -0.39 is 0 Å². The maximum absolute atomic E-state index is 13.2. The number of rotatable bonds is 2. The number of hydrogen-bond acceptors (Lipinski definition) is 3.